The molecule has 4 rings (SSSR count). The van der Waals surface area contributed by atoms with Gasteiger partial charge in [0.05, 0.1) is 25.3 Å². The Hall–Kier alpha value is -3.74. The van der Waals surface area contributed by atoms with Crippen molar-refractivity contribution in [1.29, 1.82) is 0 Å². The molecule has 1 aliphatic rings. The molecule has 31 heavy (non-hydrogen) atoms. The number of nitrogens with one attached hydrogen (secondary N) is 1. The summed E-state index contributed by atoms with van der Waals surface area (Å²) in [7, 11) is 1.55. The van der Waals surface area contributed by atoms with E-state index in [2.05, 4.69) is 5.32 Å². The van der Waals surface area contributed by atoms with Crippen LogP contribution in [0, 0.1) is 11.6 Å². The topological polar surface area (TPSA) is 58.6 Å². The maximum absolute atomic E-state index is 14.0. The van der Waals surface area contributed by atoms with Crippen LogP contribution in [0.2, 0.25) is 0 Å². The van der Waals surface area contributed by atoms with E-state index in [-0.39, 0.29) is 18.0 Å². The molecule has 3 aromatic rings. The second kappa shape index (κ2) is 8.55. The van der Waals surface area contributed by atoms with E-state index in [4.69, 9.17) is 4.74 Å². The lowest BCUT2D eigenvalue weighted by Gasteiger charge is -2.28. The minimum Gasteiger partial charge on any atom is -0.497 e. The Labute approximate surface area is 178 Å². The van der Waals surface area contributed by atoms with E-state index in [1.165, 1.54) is 6.07 Å². The highest BCUT2D eigenvalue weighted by atomic mass is 19.1. The molecule has 158 valence electrons. The SMILES string of the molecule is COc1ccc([C@H](CC(=O)Nc2ccc(F)cc2F)N2Cc3ccccc3C2=O)cc1. The molecule has 0 bridgehead atoms. The smallest absolute Gasteiger partial charge is 0.255 e. The van der Waals surface area contributed by atoms with Crippen molar-refractivity contribution >= 4 is 17.5 Å². The van der Waals surface area contributed by atoms with Gasteiger partial charge in [0.15, 0.2) is 0 Å². The third-order valence-corrected chi connectivity index (χ3v) is 5.31. The van der Waals surface area contributed by atoms with Gasteiger partial charge in [-0.2, -0.15) is 0 Å². The summed E-state index contributed by atoms with van der Waals surface area (Å²) in [5.74, 6) is -1.60. The van der Waals surface area contributed by atoms with Gasteiger partial charge in [-0.1, -0.05) is 30.3 Å². The highest BCUT2D eigenvalue weighted by Crippen LogP contribution is 2.34. The number of fused-ring (bicyclic) bond motifs is 1. The Kier molecular flexibility index (Phi) is 5.66. The minimum absolute atomic E-state index is 0.0944. The van der Waals surface area contributed by atoms with E-state index < -0.39 is 23.6 Å². The predicted octanol–water partition coefficient (Wildman–Crippen LogP) is 4.70. The minimum atomic E-state index is -0.862. The molecular formula is C24H20F2N2O3. The fraction of sp³-hybridized carbons (Fsp3) is 0.167. The second-order valence-electron chi connectivity index (χ2n) is 7.26. The lowest BCUT2D eigenvalue weighted by atomic mass is 10.0. The van der Waals surface area contributed by atoms with Crippen molar-refractivity contribution in [2.75, 3.05) is 12.4 Å². The number of methoxy groups -OCH3 is 1. The summed E-state index contributed by atoms with van der Waals surface area (Å²) >= 11 is 0. The number of anilines is 1. The van der Waals surface area contributed by atoms with Gasteiger partial charge in [0.1, 0.15) is 17.4 Å². The molecule has 1 aliphatic heterocycles. The lowest BCUT2D eigenvalue weighted by Crippen LogP contribution is -2.32. The van der Waals surface area contributed by atoms with Gasteiger partial charge in [-0.05, 0) is 41.5 Å². The van der Waals surface area contributed by atoms with E-state index >= 15 is 0 Å². The molecule has 1 N–H and O–H groups in total. The highest BCUT2D eigenvalue weighted by Gasteiger charge is 2.34. The van der Waals surface area contributed by atoms with Crippen molar-refractivity contribution in [3.05, 3.63) is 95.1 Å². The Balaban J connectivity index is 1.61. The van der Waals surface area contributed by atoms with Gasteiger partial charge >= 0.3 is 0 Å². The van der Waals surface area contributed by atoms with Crippen LogP contribution in [0.5, 0.6) is 5.75 Å². The van der Waals surface area contributed by atoms with Crippen LogP contribution in [0.1, 0.15) is 33.9 Å². The lowest BCUT2D eigenvalue weighted by molar-refractivity contribution is -0.117. The Morgan fingerprint density at radius 1 is 1.10 bits per heavy atom. The van der Waals surface area contributed by atoms with Crippen molar-refractivity contribution in [2.24, 2.45) is 0 Å². The summed E-state index contributed by atoms with van der Waals surface area (Å²) < 4.78 is 32.3. The molecule has 0 fully saturated rings. The molecule has 1 heterocycles. The first-order chi connectivity index (χ1) is 15.0. The third-order valence-electron chi connectivity index (χ3n) is 5.31. The molecule has 5 nitrogen and oxygen atoms in total. The molecular weight excluding hydrogens is 402 g/mol. The predicted molar refractivity (Wildman–Crippen MR) is 112 cm³/mol. The average molecular weight is 422 g/mol. The molecule has 0 radical (unpaired) electrons. The number of carbonyl (C=O) groups is 2. The van der Waals surface area contributed by atoms with Crippen molar-refractivity contribution in [3.8, 4) is 5.75 Å². The van der Waals surface area contributed by atoms with Crippen LogP contribution in [0.3, 0.4) is 0 Å². The van der Waals surface area contributed by atoms with E-state index in [0.717, 1.165) is 17.2 Å². The summed E-state index contributed by atoms with van der Waals surface area (Å²) in [6.07, 6.45) is -0.0944. The van der Waals surface area contributed by atoms with Gasteiger partial charge in [0.2, 0.25) is 5.91 Å². The van der Waals surface area contributed by atoms with Crippen LogP contribution in [-0.4, -0.2) is 23.8 Å². The molecule has 0 spiro atoms. The molecule has 0 aliphatic carbocycles. The maximum atomic E-state index is 14.0. The fourth-order valence-corrected chi connectivity index (χ4v) is 3.73. The average Bonchev–Trinajstić information content (AvgIpc) is 3.11. The molecule has 0 saturated heterocycles. The zero-order valence-corrected chi connectivity index (χ0v) is 16.8. The Bertz CT molecular complexity index is 1130. The molecule has 7 heteroatoms. The van der Waals surface area contributed by atoms with E-state index in [9.17, 15) is 18.4 Å². The first-order valence-electron chi connectivity index (χ1n) is 9.74. The number of amides is 2. The van der Waals surface area contributed by atoms with Gasteiger partial charge in [0, 0.05) is 18.2 Å². The van der Waals surface area contributed by atoms with Crippen LogP contribution in [-0.2, 0) is 11.3 Å². The van der Waals surface area contributed by atoms with Crippen LogP contribution < -0.4 is 10.1 Å². The number of rotatable bonds is 6. The van der Waals surface area contributed by atoms with Gasteiger partial charge in [0.25, 0.3) is 5.91 Å². The van der Waals surface area contributed by atoms with Crippen molar-refractivity contribution in [1.82, 2.24) is 4.90 Å². The number of hydrogen-bond donors (Lipinski definition) is 1. The normalized spacial score (nSPS) is 13.6. The third kappa shape index (κ3) is 4.26. The summed E-state index contributed by atoms with van der Waals surface area (Å²) in [4.78, 5) is 27.4. The first-order valence-corrected chi connectivity index (χ1v) is 9.74. The van der Waals surface area contributed by atoms with Crippen LogP contribution in [0.4, 0.5) is 14.5 Å². The number of ether oxygens (including phenoxy) is 1. The zero-order valence-electron chi connectivity index (χ0n) is 16.8. The number of carbonyl (C=O) groups excluding carboxylic acids is 2. The molecule has 0 aromatic heterocycles. The van der Waals surface area contributed by atoms with Crippen LogP contribution in [0.15, 0.2) is 66.7 Å². The highest BCUT2D eigenvalue weighted by molar-refractivity contribution is 5.99. The fourth-order valence-electron chi connectivity index (χ4n) is 3.73. The van der Waals surface area contributed by atoms with E-state index in [1.54, 1.807) is 48.4 Å². The van der Waals surface area contributed by atoms with Crippen molar-refractivity contribution in [3.63, 3.8) is 0 Å². The number of nitrogens with zero attached hydrogens (tertiary/aromatic N) is 1. The number of hydrogen-bond acceptors (Lipinski definition) is 3. The van der Waals surface area contributed by atoms with Gasteiger partial charge in [-0.3, -0.25) is 9.59 Å². The Morgan fingerprint density at radius 2 is 1.84 bits per heavy atom. The van der Waals surface area contributed by atoms with Crippen LogP contribution >= 0.6 is 0 Å². The maximum Gasteiger partial charge on any atom is 0.255 e. The summed E-state index contributed by atoms with van der Waals surface area (Å²) in [6.45, 7) is 0.365. The van der Waals surface area contributed by atoms with Crippen LogP contribution in [0.25, 0.3) is 0 Å². The summed E-state index contributed by atoms with van der Waals surface area (Å²) in [5, 5.41) is 2.48. The quantitative estimate of drug-likeness (QED) is 0.627. The van der Waals surface area contributed by atoms with E-state index in [0.29, 0.717) is 23.9 Å². The largest absolute Gasteiger partial charge is 0.497 e. The van der Waals surface area contributed by atoms with E-state index in [1.807, 2.05) is 12.1 Å². The first kappa shape index (κ1) is 20.5. The summed E-state index contributed by atoms with van der Waals surface area (Å²) in [5.41, 5.74) is 2.12. The molecule has 3 aromatic carbocycles. The van der Waals surface area contributed by atoms with Gasteiger partial charge in [-0.25, -0.2) is 8.78 Å². The zero-order chi connectivity index (χ0) is 22.0. The molecule has 1 atom stereocenters. The standard InChI is InChI=1S/C24H20F2N2O3/c1-31-18-9-6-15(7-10-18)22(28-14-16-4-2-3-5-19(16)24(28)30)13-23(29)27-21-11-8-17(25)12-20(21)26/h2-12,22H,13-14H2,1H3,(H,27,29)/t22-/m0/s1. The number of benzene rings is 3. The molecule has 0 unspecified atom stereocenters. The van der Waals surface area contributed by atoms with Gasteiger partial charge < -0.3 is 15.0 Å². The van der Waals surface area contributed by atoms with Crippen molar-refractivity contribution < 1.29 is 23.1 Å². The molecule has 0 saturated carbocycles. The Morgan fingerprint density at radius 3 is 2.52 bits per heavy atom. The summed E-state index contributed by atoms with van der Waals surface area (Å²) in [6, 6.07) is 16.8. The molecule has 2 amide bonds. The van der Waals surface area contributed by atoms with Gasteiger partial charge in [-0.15, -0.1) is 0 Å². The monoisotopic (exact) mass is 422 g/mol. The number of halogens is 2. The second-order valence-corrected chi connectivity index (χ2v) is 7.26. The van der Waals surface area contributed by atoms with Crippen molar-refractivity contribution in [2.45, 2.75) is 19.0 Å².